The lowest BCUT2D eigenvalue weighted by Crippen LogP contribution is -2.45. The van der Waals surface area contributed by atoms with Crippen LogP contribution in [0.2, 0.25) is 0 Å². The van der Waals surface area contributed by atoms with Gasteiger partial charge in [-0.1, -0.05) is 6.92 Å². The molecule has 2 unspecified atom stereocenters. The van der Waals surface area contributed by atoms with Gasteiger partial charge in [-0.05, 0) is 39.7 Å². The molecule has 1 aliphatic heterocycles. The molecular formula is C11H17BrN2S. The van der Waals surface area contributed by atoms with Crippen LogP contribution in [0.15, 0.2) is 15.9 Å². The quantitative estimate of drug-likeness (QED) is 0.907. The Hall–Kier alpha value is 0.1000. The zero-order chi connectivity index (χ0) is 10.8. The molecule has 2 rings (SSSR count). The number of halogens is 1. The minimum absolute atomic E-state index is 0.396. The van der Waals surface area contributed by atoms with E-state index in [-0.39, 0.29) is 0 Å². The first kappa shape index (κ1) is 11.6. The Balaban J connectivity index is 1.94. The summed E-state index contributed by atoms with van der Waals surface area (Å²) in [6, 6.07) is 2.52. The number of nitrogens with zero attached hydrogens (tertiary/aromatic N) is 1. The molecule has 15 heavy (non-hydrogen) atoms. The summed E-state index contributed by atoms with van der Waals surface area (Å²) in [5.74, 6) is 0.623. The van der Waals surface area contributed by atoms with Crippen molar-refractivity contribution < 1.29 is 0 Å². The Kier molecular flexibility index (Phi) is 3.83. The first-order valence-corrected chi connectivity index (χ1v) is 7.04. The van der Waals surface area contributed by atoms with Crippen LogP contribution < -0.4 is 5.73 Å². The zero-order valence-corrected chi connectivity index (χ0v) is 11.4. The number of piperidine rings is 1. The Bertz CT molecular complexity index is 326. The van der Waals surface area contributed by atoms with Crippen LogP contribution in [0.5, 0.6) is 0 Å². The molecule has 2 N–H and O–H groups in total. The third-order valence-corrected chi connectivity index (χ3v) is 5.03. The van der Waals surface area contributed by atoms with Crippen LogP contribution in [0.25, 0.3) is 0 Å². The summed E-state index contributed by atoms with van der Waals surface area (Å²) in [5, 5.41) is 2.14. The van der Waals surface area contributed by atoms with Crippen LogP contribution in [0.4, 0.5) is 0 Å². The normalized spacial score (nSPS) is 28.2. The van der Waals surface area contributed by atoms with Crippen LogP contribution in [0.3, 0.4) is 0 Å². The van der Waals surface area contributed by atoms with E-state index in [1.807, 2.05) is 11.3 Å². The Morgan fingerprint density at radius 3 is 3.07 bits per heavy atom. The highest BCUT2D eigenvalue weighted by molar-refractivity contribution is 9.10. The fourth-order valence-electron chi connectivity index (χ4n) is 2.03. The van der Waals surface area contributed by atoms with Crippen molar-refractivity contribution in [2.45, 2.75) is 25.9 Å². The molecule has 4 heteroatoms. The molecule has 2 nitrogen and oxygen atoms in total. The first-order valence-electron chi connectivity index (χ1n) is 5.36. The second kappa shape index (κ2) is 4.95. The second-order valence-electron chi connectivity index (χ2n) is 4.36. The molecule has 1 aromatic heterocycles. The predicted molar refractivity (Wildman–Crippen MR) is 69.1 cm³/mol. The number of nitrogens with two attached hydrogens (primary N) is 1. The molecule has 2 atom stereocenters. The predicted octanol–water partition coefficient (Wildman–Crippen LogP) is 2.68. The molecule has 0 aliphatic carbocycles. The van der Waals surface area contributed by atoms with Crippen molar-refractivity contribution in [1.82, 2.24) is 4.90 Å². The number of hydrogen-bond acceptors (Lipinski definition) is 3. The molecule has 0 saturated carbocycles. The van der Waals surface area contributed by atoms with Crippen molar-refractivity contribution in [3.8, 4) is 0 Å². The summed E-state index contributed by atoms with van der Waals surface area (Å²) in [6.07, 6.45) is 1.13. The lowest BCUT2D eigenvalue weighted by atomic mass is 9.95. The molecule has 1 saturated heterocycles. The van der Waals surface area contributed by atoms with Crippen LogP contribution in [0.1, 0.15) is 18.2 Å². The van der Waals surface area contributed by atoms with E-state index in [1.54, 1.807) is 0 Å². The Morgan fingerprint density at radius 1 is 1.67 bits per heavy atom. The number of hydrogen-bond donors (Lipinski definition) is 1. The fourth-order valence-corrected chi connectivity index (χ4v) is 3.55. The van der Waals surface area contributed by atoms with Crippen molar-refractivity contribution in [3.05, 3.63) is 20.8 Å². The van der Waals surface area contributed by atoms with Crippen LogP contribution in [-0.2, 0) is 6.54 Å². The maximum atomic E-state index is 6.01. The van der Waals surface area contributed by atoms with E-state index >= 15 is 0 Å². The Labute approximate surface area is 104 Å². The van der Waals surface area contributed by atoms with E-state index in [4.69, 9.17) is 5.73 Å². The molecule has 2 heterocycles. The number of rotatable bonds is 2. The molecule has 1 aliphatic rings. The molecule has 1 aromatic rings. The van der Waals surface area contributed by atoms with E-state index in [2.05, 4.69) is 39.2 Å². The monoisotopic (exact) mass is 288 g/mol. The van der Waals surface area contributed by atoms with Gasteiger partial charge in [-0.15, -0.1) is 11.3 Å². The lowest BCUT2D eigenvalue weighted by molar-refractivity contribution is 0.159. The topological polar surface area (TPSA) is 29.3 Å². The summed E-state index contributed by atoms with van der Waals surface area (Å²) in [4.78, 5) is 3.93. The summed E-state index contributed by atoms with van der Waals surface area (Å²) in [5.41, 5.74) is 6.01. The van der Waals surface area contributed by atoms with Crippen molar-refractivity contribution in [2.75, 3.05) is 13.1 Å². The minimum Gasteiger partial charge on any atom is -0.327 e. The van der Waals surface area contributed by atoms with Gasteiger partial charge in [0.15, 0.2) is 0 Å². The van der Waals surface area contributed by atoms with Crippen molar-refractivity contribution >= 4 is 27.3 Å². The van der Waals surface area contributed by atoms with Gasteiger partial charge in [-0.3, -0.25) is 4.90 Å². The van der Waals surface area contributed by atoms with Gasteiger partial charge in [-0.2, -0.15) is 0 Å². The third kappa shape index (κ3) is 2.81. The fraction of sp³-hybridized carbons (Fsp3) is 0.636. The molecule has 0 aromatic carbocycles. The molecule has 0 radical (unpaired) electrons. The summed E-state index contributed by atoms with van der Waals surface area (Å²) in [7, 11) is 0. The van der Waals surface area contributed by atoms with Gasteiger partial charge < -0.3 is 5.73 Å². The molecule has 0 spiro atoms. The van der Waals surface area contributed by atoms with Crippen LogP contribution in [-0.4, -0.2) is 24.0 Å². The number of thiophene rings is 1. The third-order valence-electron chi connectivity index (χ3n) is 3.11. The average Bonchev–Trinajstić information content (AvgIpc) is 2.59. The van der Waals surface area contributed by atoms with Crippen LogP contribution in [0, 0.1) is 5.92 Å². The minimum atomic E-state index is 0.396. The highest BCUT2D eigenvalue weighted by atomic mass is 79.9. The van der Waals surface area contributed by atoms with Gasteiger partial charge in [-0.25, -0.2) is 0 Å². The van der Waals surface area contributed by atoms with E-state index in [0.717, 1.165) is 26.1 Å². The molecule has 84 valence electrons. The summed E-state index contributed by atoms with van der Waals surface area (Å²) in [6.45, 7) is 5.58. The maximum Gasteiger partial charge on any atom is 0.0339 e. The lowest BCUT2D eigenvalue weighted by Gasteiger charge is -2.34. The van der Waals surface area contributed by atoms with E-state index in [1.165, 1.54) is 9.35 Å². The van der Waals surface area contributed by atoms with Gasteiger partial charge in [0.2, 0.25) is 0 Å². The second-order valence-corrected chi connectivity index (χ2v) is 6.21. The van der Waals surface area contributed by atoms with E-state index in [0.29, 0.717) is 12.0 Å². The first-order chi connectivity index (χ1) is 7.16. The van der Waals surface area contributed by atoms with E-state index in [9.17, 15) is 0 Å². The summed E-state index contributed by atoms with van der Waals surface area (Å²) >= 11 is 5.40. The number of likely N-dealkylation sites (tertiary alicyclic amines) is 1. The van der Waals surface area contributed by atoms with Gasteiger partial charge in [0.05, 0.1) is 0 Å². The molecule has 1 fully saturated rings. The smallest absolute Gasteiger partial charge is 0.0339 e. The summed E-state index contributed by atoms with van der Waals surface area (Å²) < 4.78 is 1.25. The standard InChI is InChI=1S/C11H17BrN2S/c1-8-6-14(4-2-10(8)13)7-11-9(12)3-5-15-11/h3,5,8,10H,2,4,6-7,13H2,1H3. The van der Waals surface area contributed by atoms with Crippen molar-refractivity contribution in [1.29, 1.82) is 0 Å². The molecular weight excluding hydrogens is 272 g/mol. The van der Waals surface area contributed by atoms with Gasteiger partial charge in [0.1, 0.15) is 0 Å². The SMILES string of the molecule is CC1CN(Cc2sccc2Br)CCC1N. The van der Waals surface area contributed by atoms with Crippen LogP contribution >= 0.6 is 27.3 Å². The van der Waals surface area contributed by atoms with Gasteiger partial charge in [0, 0.05) is 35.0 Å². The van der Waals surface area contributed by atoms with Gasteiger partial charge in [0.25, 0.3) is 0 Å². The van der Waals surface area contributed by atoms with Crippen molar-refractivity contribution in [3.63, 3.8) is 0 Å². The average molecular weight is 289 g/mol. The zero-order valence-electron chi connectivity index (χ0n) is 8.95. The largest absolute Gasteiger partial charge is 0.327 e. The molecule has 0 amide bonds. The highest BCUT2D eigenvalue weighted by Crippen LogP contribution is 2.26. The molecule has 0 bridgehead atoms. The maximum absolute atomic E-state index is 6.01. The highest BCUT2D eigenvalue weighted by Gasteiger charge is 2.23. The van der Waals surface area contributed by atoms with Gasteiger partial charge >= 0.3 is 0 Å². The Morgan fingerprint density at radius 2 is 2.47 bits per heavy atom. The van der Waals surface area contributed by atoms with Crippen molar-refractivity contribution in [2.24, 2.45) is 11.7 Å². The van der Waals surface area contributed by atoms with E-state index < -0.39 is 0 Å².